The molecule has 2 N–H and O–H groups in total. The molecule has 3 amide bonds. The number of aryl methyl sites for hydroxylation is 1. The van der Waals surface area contributed by atoms with Gasteiger partial charge in [-0.3, -0.25) is 9.59 Å². The van der Waals surface area contributed by atoms with E-state index in [2.05, 4.69) is 10.6 Å². The lowest BCUT2D eigenvalue weighted by atomic mass is 9.90. The number of carbonyl (C=O) groups is 3. The molecule has 0 bridgehead atoms. The zero-order valence-corrected chi connectivity index (χ0v) is 26.6. The van der Waals surface area contributed by atoms with Crippen molar-refractivity contribution < 1.29 is 19.1 Å². The molecule has 0 aliphatic carbocycles. The molecule has 0 saturated carbocycles. The molecule has 0 saturated heterocycles. The molecule has 0 spiro atoms. The average molecular weight is 574 g/mol. The highest BCUT2D eigenvalue weighted by Gasteiger charge is 2.43. The van der Waals surface area contributed by atoms with E-state index < -0.39 is 29.3 Å². The predicted molar refractivity (Wildman–Crippen MR) is 170 cm³/mol. The number of anilines is 1. The number of hydrogen-bond donors (Lipinski definition) is 2. The van der Waals surface area contributed by atoms with Crippen molar-refractivity contribution in [2.45, 2.75) is 98.4 Å². The van der Waals surface area contributed by atoms with Crippen LogP contribution in [0.4, 0.5) is 10.5 Å². The van der Waals surface area contributed by atoms with E-state index in [1.54, 1.807) is 25.7 Å². The first-order chi connectivity index (χ1) is 19.6. The van der Waals surface area contributed by atoms with E-state index in [0.29, 0.717) is 24.1 Å². The van der Waals surface area contributed by atoms with E-state index in [1.165, 1.54) is 0 Å². The summed E-state index contributed by atoms with van der Waals surface area (Å²) >= 11 is 0. The standard InChI is InChI=1S/C35H47N3O4/c1-10-35(8,9)38(32(40)29(20-23(2)3)37-33(41)42-34(5,6)7)30(27-17-13-14-24(4)21-27)31(39)36-28-19-18-25-15-11-12-16-26(25)22-28/h11-19,21-23,29-30H,10,20H2,1-9H3,(H,36,39)(H,37,41). The molecule has 0 aliphatic heterocycles. The summed E-state index contributed by atoms with van der Waals surface area (Å²) in [4.78, 5) is 43.4. The van der Waals surface area contributed by atoms with Crippen molar-refractivity contribution in [3.63, 3.8) is 0 Å². The van der Waals surface area contributed by atoms with E-state index in [-0.39, 0.29) is 17.7 Å². The van der Waals surface area contributed by atoms with Gasteiger partial charge in [-0.1, -0.05) is 80.9 Å². The Labute approximate surface area is 251 Å². The smallest absolute Gasteiger partial charge is 0.408 e. The minimum absolute atomic E-state index is 0.101. The molecule has 0 radical (unpaired) electrons. The fraction of sp³-hybridized carbons (Fsp3) is 0.457. The van der Waals surface area contributed by atoms with Gasteiger partial charge in [0, 0.05) is 11.2 Å². The molecule has 0 aliphatic rings. The molecule has 226 valence electrons. The first-order valence-corrected chi connectivity index (χ1v) is 14.8. The van der Waals surface area contributed by atoms with Gasteiger partial charge in [-0.2, -0.15) is 0 Å². The highest BCUT2D eigenvalue weighted by Crippen LogP contribution is 2.34. The summed E-state index contributed by atoms with van der Waals surface area (Å²) in [5.74, 6) is -0.558. The second-order valence-corrected chi connectivity index (χ2v) is 13.1. The minimum Gasteiger partial charge on any atom is -0.444 e. The van der Waals surface area contributed by atoms with Gasteiger partial charge in [0.2, 0.25) is 5.91 Å². The van der Waals surface area contributed by atoms with Crippen LogP contribution in [0.25, 0.3) is 10.8 Å². The molecule has 42 heavy (non-hydrogen) atoms. The normalized spacial score (nSPS) is 13.4. The Morgan fingerprint density at radius 3 is 2.14 bits per heavy atom. The summed E-state index contributed by atoms with van der Waals surface area (Å²) in [6.07, 6.45) is 0.315. The van der Waals surface area contributed by atoms with Gasteiger partial charge in [0.1, 0.15) is 17.7 Å². The molecule has 3 rings (SSSR count). The number of alkyl carbamates (subject to hydrolysis) is 1. The van der Waals surface area contributed by atoms with E-state index in [0.717, 1.165) is 16.3 Å². The van der Waals surface area contributed by atoms with Crippen LogP contribution in [0, 0.1) is 12.8 Å². The van der Waals surface area contributed by atoms with Gasteiger partial charge < -0.3 is 20.3 Å². The summed E-state index contributed by atoms with van der Waals surface area (Å²) in [6.45, 7) is 17.2. The lowest BCUT2D eigenvalue weighted by Crippen LogP contribution is -2.59. The van der Waals surface area contributed by atoms with Crippen molar-refractivity contribution in [3.8, 4) is 0 Å². The van der Waals surface area contributed by atoms with Crippen LogP contribution in [-0.2, 0) is 14.3 Å². The summed E-state index contributed by atoms with van der Waals surface area (Å²) in [5, 5.41) is 7.99. The van der Waals surface area contributed by atoms with Gasteiger partial charge in [0.25, 0.3) is 5.91 Å². The second-order valence-electron chi connectivity index (χ2n) is 13.1. The van der Waals surface area contributed by atoms with Crippen molar-refractivity contribution in [2.24, 2.45) is 5.92 Å². The highest BCUT2D eigenvalue weighted by atomic mass is 16.6. The first-order valence-electron chi connectivity index (χ1n) is 14.8. The zero-order valence-electron chi connectivity index (χ0n) is 26.6. The Morgan fingerprint density at radius 1 is 0.881 bits per heavy atom. The van der Waals surface area contributed by atoms with Gasteiger partial charge in [-0.25, -0.2) is 4.79 Å². The maximum atomic E-state index is 14.6. The molecule has 7 nitrogen and oxygen atoms in total. The van der Waals surface area contributed by atoms with Crippen LogP contribution in [0.1, 0.15) is 85.4 Å². The van der Waals surface area contributed by atoms with Gasteiger partial charge in [-0.05, 0) is 88.8 Å². The van der Waals surface area contributed by atoms with Crippen molar-refractivity contribution in [2.75, 3.05) is 5.32 Å². The van der Waals surface area contributed by atoms with E-state index >= 15 is 0 Å². The number of benzene rings is 3. The van der Waals surface area contributed by atoms with Crippen LogP contribution in [0.3, 0.4) is 0 Å². The van der Waals surface area contributed by atoms with Crippen molar-refractivity contribution in [1.29, 1.82) is 0 Å². The lowest BCUT2D eigenvalue weighted by molar-refractivity contribution is -0.148. The summed E-state index contributed by atoms with van der Waals surface area (Å²) in [5.41, 5.74) is 0.870. The number of fused-ring (bicyclic) bond motifs is 1. The maximum absolute atomic E-state index is 14.6. The van der Waals surface area contributed by atoms with Gasteiger partial charge >= 0.3 is 6.09 Å². The summed E-state index contributed by atoms with van der Waals surface area (Å²) in [6, 6.07) is 19.6. The molecule has 7 heteroatoms. The Bertz CT molecular complexity index is 1410. The van der Waals surface area contributed by atoms with Crippen LogP contribution in [0.2, 0.25) is 0 Å². The topological polar surface area (TPSA) is 87.7 Å². The highest BCUT2D eigenvalue weighted by molar-refractivity contribution is 6.00. The van der Waals surface area contributed by atoms with Gasteiger partial charge in [0.15, 0.2) is 0 Å². The Kier molecular flexibility index (Phi) is 10.4. The van der Waals surface area contributed by atoms with Crippen LogP contribution < -0.4 is 10.6 Å². The molecular formula is C35H47N3O4. The summed E-state index contributed by atoms with van der Waals surface area (Å²) < 4.78 is 5.51. The number of rotatable bonds is 10. The number of carbonyl (C=O) groups excluding carboxylic acids is 3. The van der Waals surface area contributed by atoms with Crippen LogP contribution >= 0.6 is 0 Å². The molecular weight excluding hydrogens is 526 g/mol. The monoisotopic (exact) mass is 573 g/mol. The largest absolute Gasteiger partial charge is 0.444 e. The molecule has 3 aromatic carbocycles. The molecule has 0 fully saturated rings. The van der Waals surface area contributed by atoms with Crippen LogP contribution in [0.15, 0.2) is 66.7 Å². The number of ether oxygens (including phenoxy) is 1. The Balaban J connectivity index is 2.10. The molecule has 2 unspecified atom stereocenters. The number of nitrogens with one attached hydrogen (secondary N) is 2. The van der Waals surface area contributed by atoms with Crippen LogP contribution in [0.5, 0.6) is 0 Å². The van der Waals surface area contributed by atoms with Gasteiger partial charge in [-0.15, -0.1) is 0 Å². The third-order valence-electron chi connectivity index (χ3n) is 7.33. The average Bonchev–Trinajstić information content (AvgIpc) is 2.89. The van der Waals surface area contributed by atoms with Crippen molar-refractivity contribution in [3.05, 3.63) is 77.9 Å². The molecule has 0 heterocycles. The van der Waals surface area contributed by atoms with Gasteiger partial charge in [0.05, 0.1) is 0 Å². The van der Waals surface area contributed by atoms with E-state index in [9.17, 15) is 14.4 Å². The van der Waals surface area contributed by atoms with E-state index in [1.807, 2.05) is 108 Å². The molecule has 3 aromatic rings. The number of nitrogens with zero attached hydrogens (tertiary/aromatic N) is 1. The van der Waals surface area contributed by atoms with E-state index in [4.69, 9.17) is 4.74 Å². The maximum Gasteiger partial charge on any atom is 0.408 e. The summed E-state index contributed by atoms with van der Waals surface area (Å²) in [7, 11) is 0. The third-order valence-corrected chi connectivity index (χ3v) is 7.33. The minimum atomic E-state index is -0.950. The second kappa shape index (κ2) is 13.4. The lowest BCUT2D eigenvalue weighted by Gasteiger charge is -2.45. The fourth-order valence-corrected chi connectivity index (χ4v) is 4.99. The molecule has 2 atom stereocenters. The fourth-order valence-electron chi connectivity index (χ4n) is 4.99. The Hall–Kier alpha value is -3.87. The zero-order chi connectivity index (χ0) is 31.2. The first kappa shape index (κ1) is 32.6. The number of hydrogen-bond acceptors (Lipinski definition) is 4. The molecule has 0 aromatic heterocycles. The third kappa shape index (κ3) is 8.57. The predicted octanol–water partition coefficient (Wildman–Crippen LogP) is 7.78. The van der Waals surface area contributed by atoms with Crippen molar-refractivity contribution in [1.82, 2.24) is 10.2 Å². The quantitative estimate of drug-likeness (QED) is 0.259. The SMILES string of the molecule is CCC(C)(C)N(C(=O)C(CC(C)C)NC(=O)OC(C)(C)C)C(C(=O)Nc1ccc2ccccc2c1)c1cccc(C)c1. The Morgan fingerprint density at radius 2 is 1.55 bits per heavy atom. The van der Waals surface area contributed by atoms with Crippen molar-refractivity contribution >= 4 is 34.4 Å². The number of amides is 3. The van der Waals surface area contributed by atoms with Crippen LogP contribution in [-0.4, -0.2) is 40.0 Å².